The van der Waals surface area contributed by atoms with Crippen molar-refractivity contribution in [1.82, 2.24) is 19.9 Å². The third-order valence-electron chi connectivity index (χ3n) is 3.94. The first-order valence-electron chi connectivity index (χ1n) is 8.46. The Balaban J connectivity index is 0.000000161. The predicted octanol–water partition coefficient (Wildman–Crippen LogP) is -0.487. The molecule has 4 aromatic rings. The van der Waals surface area contributed by atoms with Crippen molar-refractivity contribution in [3.05, 3.63) is 73.3 Å². The molecule has 0 amide bonds. The number of nitrogens with one attached hydrogen (secondary N) is 2. The van der Waals surface area contributed by atoms with Crippen molar-refractivity contribution in [3.8, 4) is 22.8 Å². The summed E-state index contributed by atoms with van der Waals surface area (Å²) in [6, 6.07) is 13.8. The zero-order chi connectivity index (χ0) is 19.9. The fraction of sp³-hybridized carbons (Fsp3) is 0. The van der Waals surface area contributed by atoms with Crippen LogP contribution in [0.5, 0.6) is 0 Å². The van der Waals surface area contributed by atoms with Gasteiger partial charge in [0.25, 0.3) is 0 Å². The Labute approximate surface area is 161 Å². The van der Waals surface area contributed by atoms with Crippen LogP contribution in [0.25, 0.3) is 22.8 Å². The Bertz CT molecular complexity index is 975. The molecule has 0 atom stereocenters. The van der Waals surface area contributed by atoms with E-state index in [-0.39, 0.29) is 0 Å². The maximum Gasteiger partial charge on any atom is 0.488 e. The van der Waals surface area contributed by atoms with Gasteiger partial charge in [-0.2, -0.15) is 0 Å². The maximum atomic E-state index is 8.97. The summed E-state index contributed by atoms with van der Waals surface area (Å²) in [6.45, 7) is 0. The van der Waals surface area contributed by atoms with Crippen LogP contribution in [0.1, 0.15) is 0 Å². The van der Waals surface area contributed by atoms with Gasteiger partial charge in [0.05, 0.1) is 0 Å². The second-order valence-corrected chi connectivity index (χ2v) is 5.87. The quantitative estimate of drug-likeness (QED) is 0.266. The minimum absolute atomic E-state index is 0.457. The molecule has 0 unspecified atom stereocenters. The summed E-state index contributed by atoms with van der Waals surface area (Å²) in [4.78, 5) is 14.1. The van der Waals surface area contributed by atoms with Crippen molar-refractivity contribution in [3.63, 3.8) is 0 Å². The van der Waals surface area contributed by atoms with Crippen molar-refractivity contribution in [2.45, 2.75) is 0 Å². The van der Waals surface area contributed by atoms with Crippen LogP contribution in [0.2, 0.25) is 0 Å². The van der Waals surface area contributed by atoms with Gasteiger partial charge >= 0.3 is 14.2 Å². The first-order valence-corrected chi connectivity index (χ1v) is 8.46. The van der Waals surface area contributed by atoms with E-state index in [0.717, 1.165) is 17.0 Å². The summed E-state index contributed by atoms with van der Waals surface area (Å²) in [6.07, 6.45) is 6.78. The lowest BCUT2D eigenvalue weighted by Gasteiger charge is -2.01. The average molecular weight is 376 g/mol. The highest BCUT2D eigenvalue weighted by molar-refractivity contribution is 6.59. The molecule has 6 N–H and O–H groups in total. The first-order chi connectivity index (χ1) is 13.5. The van der Waals surface area contributed by atoms with Gasteiger partial charge in [-0.15, -0.1) is 0 Å². The molecule has 4 rings (SSSR count). The highest BCUT2D eigenvalue weighted by Gasteiger charge is 2.12. The van der Waals surface area contributed by atoms with Crippen molar-refractivity contribution in [1.29, 1.82) is 0 Å². The zero-order valence-corrected chi connectivity index (χ0v) is 14.8. The maximum absolute atomic E-state index is 8.97. The van der Waals surface area contributed by atoms with Crippen LogP contribution in [0.3, 0.4) is 0 Å². The number of benzene rings is 2. The summed E-state index contributed by atoms with van der Waals surface area (Å²) < 4.78 is 0. The lowest BCUT2D eigenvalue weighted by molar-refractivity contribution is 0.424. The molecule has 0 spiro atoms. The van der Waals surface area contributed by atoms with Gasteiger partial charge in [0, 0.05) is 35.9 Å². The normalized spacial score (nSPS) is 10.1. The Morgan fingerprint density at radius 3 is 1.71 bits per heavy atom. The van der Waals surface area contributed by atoms with E-state index >= 15 is 0 Å². The first kappa shape index (κ1) is 19.6. The fourth-order valence-electron chi connectivity index (χ4n) is 2.51. The molecule has 0 aliphatic heterocycles. The van der Waals surface area contributed by atoms with Gasteiger partial charge in [-0.3, -0.25) is 0 Å². The number of aromatic nitrogens is 4. The lowest BCUT2D eigenvalue weighted by Crippen LogP contribution is -2.29. The van der Waals surface area contributed by atoms with Gasteiger partial charge in [0.1, 0.15) is 11.6 Å². The predicted molar refractivity (Wildman–Crippen MR) is 108 cm³/mol. The molecule has 2 aromatic heterocycles. The van der Waals surface area contributed by atoms with E-state index in [1.54, 1.807) is 67.3 Å². The van der Waals surface area contributed by atoms with Gasteiger partial charge in [0.2, 0.25) is 0 Å². The number of hydrogen-bond acceptors (Lipinski definition) is 6. The molecule has 0 aliphatic rings. The molecular formula is C18H18B2N4O4. The monoisotopic (exact) mass is 376 g/mol. The average Bonchev–Trinajstić information content (AvgIpc) is 3.43. The Morgan fingerprint density at radius 1 is 0.643 bits per heavy atom. The van der Waals surface area contributed by atoms with Crippen LogP contribution in [-0.4, -0.2) is 54.3 Å². The number of rotatable bonds is 4. The van der Waals surface area contributed by atoms with E-state index in [2.05, 4.69) is 19.9 Å². The second kappa shape index (κ2) is 9.16. The molecule has 0 fully saturated rings. The van der Waals surface area contributed by atoms with Gasteiger partial charge in [-0.1, -0.05) is 48.5 Å². The number of H-pyrrole nitrogens is 2. The highest BCUT2D eigenvalue weighted by Crippen LogP contribution is 2.12. The third kappa shape index (κ3) is 4.96. The van der Waals surface area contributed by atoms with Crippen molar-refractivity contribution in [2.24, 2.45) is 0 Å². The zero-order valence-electron chi connectivity index (χ0n) is 14.8. The SMILES string of the molecule is OB(O)c1ccc(-c2ncc[nH]2)cc1.OB(O)c1cccc(-c2ncc[nH]2)c1. The summed E-state index contributed by atoms with van der Waals surface area (Å²) in [5.41, 5.74) is 2.68. The van der Waals surface area contributed by atoms with E-state index in [9.17, 15) is 0 Å². The standard InChI is InChI=1S/2C9H9BN2O2/c13-10(14)8-3-1-7(2-4-8)9-11-5-6-12-9;13-10(14)8-3-1-2-7(6-8)9-11-4-5-12-9/h2*1-6,13-14H,(H,11,12). The van der Waals surface area contributed by atoms with E-state index in [1.807, 2.05) is 6.07 Å². The van der Waals surface area contributed by atoms with Crippen LogP contribution in [0.4, 0.5) is 0 Å². The number of nitrogens with zero attached hydrogens (tertiary/aromatic N) is 2. The topological polar surface area (TPSA) is 138 Å². The van der Waals surface area contributed by atoms with Gasteiger partial charge in [0.15, 0.2) is 0 Å². The largest absolute Gasteiger partial charge is 0.488 e. The van der Waals surface area contributed by atoms with Crippen LogP contribution in [0.15, 0.2) is 73.3 Å². The number of hydrogen-bond donors (Lipinski definition) is 6. The van der Waals surface area contributed by atoms with Crippen molar-refractivity contribution >= 4 is 25.2 Å². The van der Waals surface area contributed by atoms with Crippen LogP contribution < -0.4 is 10.9 Å². The summed E-state index contributed by atoms with van der Waals surface area (Å²) in [5.74, 6) is 1.48. The van der Waals surface area contributed by atoms with Crippen LogP contribution >= 0.6 is 0 Å². The van der Waals surface area contributed by atoms with Crippen molar-refractivity contribution in [2.75, 3.05) is 0 Å². The fourth-order valence-corrected chi connectivity index (χ4v) is 2.51. The van der Waals surface area contributed by atoms with E-state index in [4.69, 9.17) is 20.1 Å². The van der Waals surface area contributed by atoms with Gasteiger partial charge in [-0.05, 0) is 10.9 Å². The van der Waals surface area contributed by atoms with E-state index in [1.165, 1.54) is 0 Å². The van der Waals surface area contributed by atoms with Gasteiger partial charge < -0.3 is 30.1 Å². The summed E-state index contributed by atoms with van der Waals surface area (Å²) in [7, 11) is -2.86. The number of aromatic amines is 2. The highest BCUT2D eigenvalue weighted by atomic mass is 16.4. The lowest BCUT2D eigenvalue weighted by atomic mass is 9.79. The number of imidazole rings is 2. The summed E-state index contributed by atoms with van der Waals surface area (Å²) in [5, 5.41) is 35.7. The molecule has 10 heteroatoms. The third-order valence-corrected chi connectivity index (χ3v) is 3.94. The molecule has 2 heterocycles. The summed E-state index contributed by atoms with van der Waals surface area (Å²) >= 11 is 0. The molecule has 0 saturated heterocycles. The minimum atomic E-state index is -1.44. The molecule has 2 aromatic carbocycles. The Morgan fingerprint density at radius 2 is 1.21 bits per heavy atom. The van der Waals surface area contributed by atoms with E-state index in [0.29, 0.717) is 16.8 Å². The van der Waals surface area contributed by atoms with Crippen LogP contribution in [0, 0.1) is 0 Å². The molecule has 0 radical (unpaired) electrons. The minimum Gasteiger partial charge on any atom is -0.423 e. The van der Waals surface area contributed by atoms with E-state index < -0.39 is 14.2 Å². The molecule has 8 nitrogen and oxygen atoms in total. The molecule has 0 bridgehead atoms. The smallest absolute Gasteiger partial charge is 0.423 e. The molecule has 0 aliphatic carbocycles. The molecule has 28 heavy (non-hydrogen) atoms. The second-order valence-electron chi connectivity index (χ2n) is 5.87. The Hall–Kier alpha value is -3.17. The molecule has 0 saturated carbocycles. The molecule has 140 valence electrons. The van der Waals surface area contributed by atoms with Gasteiger partial charge in [-0.25, -0.2) is 9.97 Å². The van der Waals surface area contributed by atoms with Crippen LogP contribution in [-0.2, 0) is 0 Å². The molecular weight excluding hydrogens is 358 g/mol. The van der Waals surface area contributed by atoms with Crippen molar-refractivity contribution < 1.29 is 20.1 Å². The Kier molecular flexibility index (Phi) is 6.41.